The van der Waals surface area contributed by atoms with Crippen LogP contribution in [0.4, 0.5) is 18.9 Å². The van der Waals surface area contributed by atoms with Crippen molar-refractivity contribution in [3.63, 3.8) is 0 Å². The van der Waals surface area contributed by atoms with Gasteiger partial charge in [-0.25, -0.2) is 4.79 Å². The Hall–Kier alpha value is -4.67. The smallest absolute Gasteiger partial charge is 0.490 e. The number of aliphatic carboxylic acids is 1. The normalized spacial score (nSPS) is 20.8. The Morgan fingerprint density at radius 1 is 1.06 bits per heavy atom. The Kier molecular flexibility index (Phi) is 9.36. The number of anilines is 1. The van der Waals surface area contributed by atoms with Crippen molar-refractivity contribution < 1.29 is 57.9 Å². The van der Waals surface area contributed by atoms with Gasteiger partial charge in [-0.1, -0.05) is 34.1 Å². The summed E-state index contributed by atoms with van der Waals surface area (Å²) in [5.74, 6) is -9.12. The summed E-state index contributed by atoms with van der Waals surface area (Å²) in [6.07, 6.45) is -5.16. The fraction of sp³-hybridized carbons (Fsp3) is 0.290. The van der Waals surface area contributed by atoms with Gasteiger partial charge in [0, 0.05) is 16.9 Å². The molecule has 3 aromatic rings. The molecule has 0 radical (unpaired) electrons. The molecule has 0 spiro atoms. The molecule has 1 amide bonds. The van der Waals surface area contributed by atoms with Crippen LogP contribution in [0.15, 0.2) is 52.2 Å². The number of carbonyl (C=O) groups is 4. The molecule has 16 heteroatoms. The van der Waals surface area contributed by atoms with Gasteiger partial charge in [-0.05, 0) is 67.7 Å². The minimum absolute atomic E-state index is 0.0119. The molecule has 250 valence electrons. The second kappa shape index (κ2) is 12.5. The number of fused-ring (bicyclic) bond motifs is 3. The number of carboxylic acids is 1. The Morgan fingerprint density at radius 3 is 2.15 bits per heavy atom. The number of carbonyl (C=O) groups excluding carboxylic acids is 3. The number of aromatic hydroxyl groups is 2. The number of aliphatic hydroxyl groups is 2. The molecule has 0 heterocycles. The van der Waals surface area contributed by atoms with Crippen LogP contribution < -0.4 is 11.1 Å². The lowest BCUT2D eigenvalue weighted by Crippen LogP contribution is -2.64. The number of hydrogen-bond donors (Lipinski definition) is 7. The molecule has 0 unspecified atom stereocenters. The van der Waals surface area contributed by atoms with Crippen LogP contribution in [0.25, 0.3) is 10.8 Å². The number of aryl methyl sites for hydroxylation is 1. The molecule has 0 saturated heterocycles. The molecule has 47 heavy (non-hydrogen) atoms. The van der Waals surface area contributed by atoms with Crippen LogP contribution in [0.3, 0.4) is 0 Å². The average molecular weight is 724 g/mol. The number of halogens is 4. The molecule has 0 aromatic heterocycles. The lowest BCUT2D eigenvalue weighted by atomic mass is 9.61. The van der Waals surface area contributed by atoms with Gasteiger partial charge in [-0.2, -0.15) is 13.2 Å². The van der Waals surface area contributed by atoms with Gasteiger partial charge in [0.25, 0.3) is 5.91 Å². The fourth-order valence-electron chi connectivity index (χ4n) is 6.02. The fourth-order valence-corrected chi connectivity index (χ4v) is 6.29. The van der Waals surface area contributed by atoms with Crippen LogP contribution in [0, 0.1) is 12.8 Å². The maximum atomic E-state index is 14.0. The molecule has 0 bridgehead atoms. The molecule has 2 aliphatic carbocycles. The van der Waals surface area contributed by atoms with Gasteiger partial charge >= 0.3 is 12.1 Å². The van der Waals surface area contributed by atoms with Crippen LogP contribution >= 0.6 is 15.9 Å². The molecule has 8 N–H and O–H groups in total. The summed E-state index contributed by atoms with van der Waals surface area (Å²) >= 11 is 3.39. The van der Waals surface area contributed by atoms with Crippen molar-refractivity contribution in [1.82, 2.24) is 4.90 Å². The lowest BCUT2D eigenvalue weighted by Gasteiger charge is -2.47. The highest BCUT2D eigenvalue weighted by Crippen LogP contribution is 2.51. The number of carboxylic acid groups (broad SMARTS) is 1. The van der Waals surface area contributed by atoms with Gasteiger partial charge in [-0.15, -0.1) is 0 Å². The Morgan fingerprint density at radius 2 is 1.64 bits per heavy atom. The first kappa shape index (κ1) is 35.2. The zero-order valence-electron chi connectivity index (χ0n) is 24.9. The summed E-state index contributed by atoms with van der Waals surface area (Å²) in [6, 6.07) is 9.79. The first-order valence-electron chi connectivity index (χ1n) is 13.7. The number of phenolic OH excluding ortho intramolecular Hbond substituents is 2. The maximum Gasteiger partial charge on any atom is 0.490 e. The van der Waals surface area contributed by atoms with E-state index in [4.69, 9.17) is 15.6 Å². The van der Waals surface area contributed by atoms with Crippen molar-refractivity contribution in [3.05, 3.63) is 74.5 Å². The number of benzene rings is 3. The van der Waals surface area contributed by atoms with Gasteiger partial charge < -0.3 is 36.6 Å². The van der Waals surface area contributed by atoms with Crippen molar-refractivity contribution in [2.24, 2.45) is 11.7 Å². The zero-order chi connectivity index (χ0) is 35.3. The van der Waals surface area contributed by atoms with Crippen molar-refractivity contribution in [1.29, 1.82) is 0 Å². The van der Waals surface area contributed by atoms with Crippen LogP contribution in [-0.4, -0.2) is 85.8 Å². The van der Waals surface area contributed by atoms with Gasteiger partial charge in [0.05, 0.1) is 22.7 Å². The Bertz CT molecular complexity index is 1860. The highest BCUT2D eigenvalue weighted by atomic mass is 79.9. The van der Waals surface area contributed by atoms with E-state index in [1.165, 1.54) is 4.90 Å². The lowest BCUT2D eigenvalue weighted by molar-refractivity contribution is -0.192. The summed E-state index contributed by atoms with van der Waals surface area (Å²) in [4.78, 5) is 49.7. The molecular formula is C31H29BrF3N3O9. The minimum atomic E-state index is -5.08. The number of likely N-dealkylation sites (N-methyl/N-ethyl adjacent to an activating group) is 1. The number of hydrogen-bond acceptors (Lipinski definition) is 10. The van der Waals surface area contributed by atoms with Crippen LogP contribution in [-0.2, 0) is 27.3 Å². The van der Waals surface area contributed by atoms with E-state index in [9.17, 15) is 48.0 Å². The van der Waals surface area contributed by atoms with Gasteiger partial charge in [0.1, 0.15) is 22.8 Å². The largest absolute Gasteiger partial charge is 0.508 e. The molecule has 12 nitrogen and oxygen atoms in total. The second-order valence-electron chi connectivity index (χ2n) is 11.3. The van der Waals surface area contributed by atoms with E-state index in [0.717, 1.165) is 10.0 Å². The highest BCUT2D eigenvalue weighted by Gasteiger charge is 2.62. The van der Waals surface area contributed by atoms with Crippen molar-refractivity contribution in [3.8, 4) is 11.5 Å². The van der Waals surface area contributed by atoms with E-state index in [1.807, 2.05) is 24.3 Å². The maximum absolute atomic E-state index is 14.0. The van der Waals surface area contributed by atoms with Crippen LogP contribution in [0.5, 0.6) is 11.5 Å². The Labute approximate surface area is 273 Å². The van der Waals surface area contributed by atoms with E-state index in [-0.39, 0.29) is 23.1 Å². The molecule has 0 fully saturated rings. The molecule has 5 rings (SSSR count). The van der Waals surface area contributed by atoms with Crippen LogP contribution in [0.2, 0.25) is 0 Å². The molecule has 0 saturated carbocycles. The third-order valence-electron chi connectivity index (χ3n) is 8.28. The topological polar surface area (TPSA) is 211 Å². The molecular weight excluding hydrogens is 695 g/mol. The second-order valence-corrected chi connectivity index (χ2v) is 12.2. The number of Topliss-reactive ketones (excluding diaryl/α,β-unsaturated/α-hetero) is 2. The number of nitrogens with two attached hydrogens (primary N) is 1. The van der Waals surface area contributed by atoms with Gasteiger partial charge in [0.2, 0.25) is 5.78 Å². The Balaban J connectivity index is 0.000000644. The number of nitrogens with one attached hydrogen (secondary N) is 1. The minimum Gasteiger partial charge on any atom is -0.508 e. The van der Waals surface area contributed by atoms with Crippen LogP contribution in [0.1, 0.15) is 27.0 Å². The molecule has 3 aromatic carbocycles. The third-order valence-corrected chi connectivity index (χ3v) is 8.81. The van der Waals surface area contributed by atoms with Crippen molar-refractivity contribution in [2.45, 2.75) is 37.7 Å². The number of amides is 1. The van der Waals surface area contributed by atoms with Crippen molar-refractivity contribution in [2.75, 3.05) is 19.4 Å². The van der Waals surface area contributed by atoms with Gasteiger partial charge in [0.15, 0.2) is 11.4 Å². The molecule has 3 atom stereocenters. The van der Waals surface area contributed by atoms with E-state index in [1.54, 1.807) is 33.2 Å². The number of alkyl halides is 3. The summed E-state index contributed by atoms with van der Waals surface area (Å²) in [5.41, 5.74) is 3.68. The predicted molar refractivity (Wildman–Crippen MR) is 165 cm³/mol. The average Bonchev–Trinajstić information content (AvgIpc) is 2.97. The first-order valence-corrected chi connectivity index (χ1v) is 14.5. The first-order chi connectivity index (χ1) is 21.7. The quantitative estimate of drug-likeness (QED) is 0.150. The number of nitrogens with zero attached hydrogens (tertiary/aromatic N) is 1. The third kappa shape index (κ3) is 5.99. The van der Waals surface area contributed by atoms with Crippen molar-refractivity contribution >= 4 is 55.8 Å². The number of ketones is 2. The monoisotopic (exact) mass is 723 g/mol. The molecule has 2 aliphatic rings. The standard InChI is InChI=1S/C29H28BrN3O7.C2HF3O2/c1-12-15-8-9-18(32-11-13-4-6-14(30)7-5-13)23(34)19(15)24(35)20-16(12)10-17-22(33(2)3)25(36)21(28(31)39)27(38)29(17,40)26(20)37;3-2(4,5)1(6)7/h4-9,17,22,32,34-35,38,40H,10-11H2,1-3H3,(H2,31,39);(H,6,7)/t17-,22-,29-;/m0./s1. The number of primary amides is 1. The predicted octanol–water partition coefficient (Wildman–Crippen LogP) is 3.46. The summed E-state index contributed by atoms with van der Waals surface area (Å²) < 4.78 is 32.7. The number of rotatable bonds is 5. The summed E-state index contributed by atoms with van der Waals surface area (Å²) in [6.45, 7) is 2.08. The SMILES string of the molecule is Cc1c2c(c(O)c3c(O)c(NCc4ccc(Br)cc4)ccc13)C(=O)[C@]1(O)C(O)=C(C(N)=O)C(=O)[C@@H](N(C)C)[C@@H]1C2.O=C(O)C(F)(F)F. The zero-order valence-corrected chi connectivity index (χ0v) is 26.5. The summed E-state index contributed by atoms with van der Waals surface area (Å²) in [5, 5.41) is 56.0. The van der Waals surface area contributed by atoms with E-state index >= 15 is 0 Å². The number of phenols is 2. The van der Waals surface area contributed by atoms with Gasteiger partial charge in [-0.3, -0.25) is 19.3 Å². The van der Waals surface area contributed by atoms with E-state index in [0.29, 0.717) is 28.7 Å². The van der Waals surface area contributed by atoms with E-state index < -0.39 is 64.3 Å². The van der Waals surface area contributed by atoms with E-state index in [2.05, 4.69) is 21.2 Å². The highest BCUT2D eigenvalue weighted by molar-refractivity contribution is 9.10. The molecule has 0 aliphatic heterocycles. The number of aliphatic hydroxyl groups excluding tert-OH is 1. The summed E-state index contributed by atoms with van der Waals surface area (Å²) in [7, 11) is 3.10.